The van der Waals surface area contributed by atoms with Gasteiger partial charge in [0.15, 0.2) is 0 Å². The van der Waals surface area contributed by atoms with E-state index in [2.05, 4.69) is 102 Å². The third kappa shape index (κ3) is 2.18. The molecule has 0 radical (unpaired) electrons. The van der Waals surface area contributed by atoms with Crippen LogP contribution in [0.25, 0.3) is 54.9 Å². The highest BCUT2D eigenvalue weighted by Gasteiger charge is 2.31. The molecule has 156 valence electrons. The van der Waals surface area contributed by atoms with Crippen LogP contribution in [0.15, 0.2) is 102 Å². The molecule has 2 heteroatoms. The molecule has 2 aromatic heterocycles. The highest BCUT2D eigenvalue weighted by atomic mass is 16.3. The quantitative estimate of drug-likeness (QED) is 0.260. The van der Waals surface area contributed by atoms with Crippen molar-refractivity contribution in [3.63, 3.8) is 0 Å². The summed E-state index contributed by atoms with van der Waals surface area (Å²) in [5.41, 5.74) is 10.1. The number of furan rings is 1. The standard InChI is InChI=1S/C31H21NO/c1-2-11-20(12-3-1)32-25-16-8-6-14-22(25)28-29-23-15-7-9-17-26(23)33-31(29)24-18-19-10-4-5-13-21(19)27(24)30(28)32/h1-11,13-17,20H,12,18H2. The van der Waals surface area contributed by atoms with Gasteiger partial charge in [-0.05, 0) is 29.7 Å². The SMILES string of the molecule is C1=CCC(n2c3ccccc3c3c4c(oc5ccccc54)c4c(c32)-c2ccccc2C4)C=C1. The highest BCUT2D eigenvalue weighted by molar-refractivity contribution is 6.31. The van der Waals surface area contributed by atoms with Crippen molar-refractivity contribution in [2.24, 2.45) is 0 Å². The first kappa shape index (κ1) is 17.5. The summed E-state index contributed by atoms with van der Waals surface area (Å²) in [6.07, 6.45) is 10.9. The van der Waals surface area contributed by atoms with Crippen molar-refractivity contribution in [1.82, 2.24) is 4.57 Å². The van der Waals surface area contributed by atoms with Gasteiger partial charge in [0.1, 0.15) is 11.2 Å². The molecule has 8 rings (SSSR count). The highest BCUT2D eigenvalue weighted by Crippen LogP contribution is 2.52. The number of para-hydroxylation sites is 2. The van der Waals surface area contributed by atoms with E-state index in [0.29, 0.717) is 6.04 Å². The minimum absolute atomic E-state index is 0.296. The molecule has 0 fully saturated rings. The number of nitrogens with zero attached hydrogens (tertiary/aromatic N) is 1. The Morgan fingerprint density at radius 1 is 0.788 bits per heavy atom. The molecule has 0 saturated heterocycles. The van der Waals surface area contributed by atoms with E-state index in [1.165, 1.54) is 54.8 Å². The van der Waals surface area contributed by atoms with Crippen molar-refractivity contribution in [3.8, 4) is 11.1 Å². The number of allylic oxidation sites excluding steroid dienone is 4. The molecular formula is C31H21NO. The fourth-order valence-electron chi connectivity index (χ4n) is 6.20. The summed E-state index contributed by atoms with van der Waals surface area (Å²) in [7, 11) is 0. The van der Waals surface area contributed by atoms with Gasteiger partial charge in [0, 0.05) is 44.6 Å². The zero-order valence-electron chi connectivity index (χ0n) is 18.1. The van der Waals surface area contributed by atoms with Crippen LogP contribution in [0.5, 0.6) is 0 Å². The predicted octanol–water partition coefficient (Wildman–Crippen LogP) is 8.32. The first-order valence-electron chi connectivity index (χ1n) is 11.7. The first-order valence-corrected chi connectivity index (χ1v) is 11.7. The summed E-state index contributed by atoms with van der Waals surface area (Å²) in [6.45, 7) is 0. The molecule has 4 aromatic carbocycles. The Morgan fingerprint density at radius 3 is 2.52 bits per heavy atom. The smallest absolute Gasteiger partial charge is 0.140 e. The van der Waals surface area contributed by atoms with Crippen LogP contribution in [-0.2, 0) is 6.42 Å². The molecule has 6 aromatic rings. The average Bonchev–Trinajstić information content (AvgIpc) is 3.54. The maximum atomic E-state index is 6.60. The molecule has 0 spiro atoms. The average molecular weight is 424 g/mol. The van der Waals surface area contributed by atoms with Crippen molar-refractivity contribution >= 4 is 43.7 Å². The molecular weight excluding hydrogens is 402 g/mol. The van der Waals surface area contributed by atoms with Gasteiger partial charge in [-0.3, -0.25) is 0 Å². The number of hydrogen-bond donors (Lipinski definition) is 0. The molecule has 33 heavy (non-hydrogen) atoms. The Hall–Kier alpha value is -4.04. The fourth-order valence-corrected chi connectivity index (χ4v) is 6.20. The molecule has 2 aliphatic rings. The van der Waals surface area contributed by atoms with Crippen molar-refractivity contribution < 1.29 is 4.42 Å². The third-order valence-corrected chi connectivity index (χ3v) is 7.51. The molecule has 0 N–H and O–H groups in total. The number of benzene rings is 4. The molecule has 2 heterocycles. The van der Waals surface area contributed by atoms with Gasteiger partial charge >= 0.3 is 0 Å². The predicted molar refractivity (Wildman–Crippen MR) is 137 cm³/mol. The van der Waals surface area contributed by atoms with E-state index in [9.17, 15) is 0 Å². The van der Waals surface area contributed by atoms with Crippen LogP contribution in [-0.4, -0.2) is 4.57 Å². The number of aromatic nitrogens is 1. The summed E-state index contributed by atoms with van der Waals surface area (Å²) in [5, 5.41) is 5.10. The van der Waals surface area contributed by atoms with E-state index in [0.717, 1.165) is 24.0 Å². The van der Waals surface area contributed by atoms with Crippen LogP contribution >= 0.6 is 0 Å². The first-order chi connectivity index (χ1) is 16.4. The van der Waals surface area contributed by atoms with Gasteiger partial charge in [-0.25, -0.2) is 0 Å². The fraction of sp³-hybridized carbons (Fsp3) is 0.0968. The lowest BCUT2D eigenvalue weighted by molar-refractivity contribution is 0.647. The Balaban J connectivity index is 1.69. The lowest BCUT2D eigenvalue weighted by atomic mass is 9.96. The van der Waals surface area contributed by atoms with Gasteiger partial charge in [0.2, 0.25) is 0 Å². The van der Waals surface area contributed by atoms with Crippen molar-refractivity contribution in [1.29, 1.82) is 0 Å². The molecule has 1 atom stereocenters. The monoisotopic (exact) mass is 423 g/mol. The molecule has 2 aliphatic carbocycles. The van der Waals surface area contributed by atoms with Crippen LogP contribution in [0, 0.1) is 0 Å². The normalized spacial score (nSPS) is 16.9. The van der Waals surface area contributed by atoms with E-state index in [1.807, 2.05) is 0 Å². The van der Waals surface area contributed by atoms with E-state index in [1.54, 1.807) is 0 Å². The van der Waals surface area contributed by atoms with Gasteiger partial charge in [-0.15, -0.1) is 0 Å². The molecule has 2 nitrogen and oxygen atoms in total. The Kier molecular flexibility index (Phi) is 3.32. The lowest BCUT2D eigenvalue weighted by Gasteiger charge is -2.20. The summed E-state index contributed by atoms with van der Waals surface area (Å²) in [4.78, 5) is 0. The van der Waals surface area contributed by atoms with Crippen molar-refractivity contribution in [2.75, 3.05) is 0 Å². The second-order valence-corrected chi connectivity index (χ2v) is 9.22. The molecule has 1 unspecified atom stereocenters. The van der Waals surface area contributed by atoms with Gasteiger partial charge in [0.05, 0.1) is 11.6 Å². The van der Waals surface area contributed by atoms with Crippen LogP contribution in [0.2, 0.25) is 0 Å². The van der Waals surface area contributed by atoms with Gasteiger partial charge in [-0.1, -0.05) is 85.0 Å². The van der Waals surface area contributed by atoms with Gasteiger partial charge in [-0.2, -0.15) is 0 Å². The maximum absolute atomic E-state index is 6.60. The lowest BCUT2D eigenvalue weighted by Crippen LogP contribution is -2.07. The molecule has 0 amide bonds. The summed E-state index contributed by atoms with van der Waals surface area (Å²) < 4.78 is 9.19. The van der Waals surface area contributed by atoms with E-state index in [-0.39, 0.29) is 0 Å². The zero-order chi connectivity index (χ0) is 21.5. The number of fused-ring (bicyclic) bond motifs is 12. The third-order valence-electron chi connectivity index (χ3n) is 7.51. The largest absolute Gasteiger partial charge is 0.456 e. The minimum Gasteiger partial charge on any atom is -0.456 e. The zero-order valence-corrected chi connectivity index (χ0v) is 18.1. The van der Waals surface area contributed by atoms with Gasteiger partial charge in [0.25, 0.3) is 0 Å². The maximum Gasteiger partial charge on any atom is 0.140 e. The number of rotatable bonds is 1. The van der Waals surface area contributed by atoms with Crippen LogP contribution < -0.4 is 0 Å². The summed E-state index contributed by atoms with van der Waals surface area (Å²) in [6, 6.07) is 26.6. The summed E-state index contributed by atoms with van der Waals surface area (Å²) in [5.74, 6) is 0. The van der Waals surface area contributed by atoms with E-state index < -0.39 is 0 Å². The van der Waals surface area contributed by atoms with Crippen LogP contribution in [0.1, 0.15) is 23.6 Å². The molecule has 0 aliphatic heterocycles. The second-order valence-electron chi connectivity index (χ2n) is 9.22. The topological polar surface area (TPSA) is 18.1 Å². The Labute approximate surface area is 191 Å². The molecule has 0 saturated carbocycles. The van der Waals surface area contributed by atoms with Crippen molar-refractivity contribution in [2.45, 2.75) is 18.9 Å². The second kappa shape index (κ2) is 6.26. The Bertz CT molecular complexity index is 1820. The van der Waals surface area contributed by atoms with Crippen molar-refractivity contribution in [3.05, 3.63) is 108 Å². The minimum atomic E-state index is 0.296. The van der Waals surface area contributed by atoms with E-state index in [4.69, 9.17) is 4.42 Å². The van der Waals surface area contributed by atoms with Crippen LogP contribution in [0.4, 0.5) is 0 Å². The Morgan fingerprint density at radius 2 is 1.61 bits per heavy atom. The summed E-state index contributed by atoms with van der Waals surface area (Å²) >= 11 is 0. The van der Waals surface area contributed by atoms with Gasteiger partial charge < -0.3 is 8.98 Å². The number of hydrogen-bond acceptors (Lipinski definition) is 1. The van der Waals surface area contributed by atoms with E-state index >= 15 is 0 Å². The van der Waals surface area contributed by atoms with Crippen LogP contribution in [0.3, 0.4) is 0 Å². The molecule has 0 bridgehead atoms.